The first-order valence-corrected chi connectivity index (χ1v) is 20.8. The van der Waals surface area contributed by atoms with E-state index < -0.39 is 0 Å². The molecule has 0 aliphatic heterocycles. The summed E-state index contributed by atoms with van der Waals surface area (Å²) in [4.78, 5) is 2.35. The predicted octanol–water partition coefficient (Wildman–Crippen LogP) is 16.3. The molecule has 12 aromatic rings. The van der Waals surface area contributed by atoms with Gasteiger partial charge >= 0.3 is 0 Å². The molecule has 0 saturated heterocycles. The third-order valence-corrected chi connectivity index (χ3v) is 12.2. The zero-order chi connectivity index (χ0) is 40.3. The number of fused-ring (bicyclic) bond motifs is 8. The Morgan fingerprint density at radius 2 is 0.902 bits per heavy atom. The lowest BCUT2D eigenvalue weighted by molar-refractivity contribution is 0.669. The molecule has 0 bridgehead atoms. The fourth-order valence-corrected chi connectivity index (χ4v) is 9.35. The van der Waals surface area contributed by atoms with E-state index in [-0.39, 0.29) is 0 Å². The number of aromatic nitrogens is 1. The van der Waals surface area contributed by atoms with Gasteiger partial charge in [-0.25, -0.2) is 0 Å². The van der Waals surface area contributed by atoms with E-state index in [1.165, 1.54) is 44.1 Å². The fourth-order valence-electron chi connectivity index (χ4n) is 9.35. The first kappa shape index (κ1) is 34.9. The Morgan fingerprint density at radius 3 is 1.57 bits per heavy atom. The van der Waals surface area contributed by atoms with Crippen LogP contribution in [-0.2, 0) is 0 Å². The molecule has 0 saturated carbocycles. The van der Waals surface area contributed by atoms with E-state index in [0.717, 1.165) is 66.6 Å². The third kappa shape index (κ3) is 5.82. The Kier molecular flexibility index (Phi) is 8.17. The smallest absolute Gasteiger partial charge is 0.160 e. The van der Waals surface area contributed by atoms with Crippen molar-refractivity contribution in [2.75, 3.05) is 4.90 Å². The number of anilines is 3. The summed E-state index contributed by atoms with van der Waals surface area (Å²) in [7, 11) is 0. The highest BCUT2D eigenvalue weighted by atomic mass is 16.3. The van der Waals surface area contributed by atoms with Crippen LogP contribution < -0.4 is 4.90 Å². The second kappa shape index (κ2) is 14.3. The zero-order valence-corrected chi connectivity index (χ0v) is 33.2. The van der Waals surface area contributed by atoms with Gasteiger partial charge in [0, 0.05) is 38.6 Å². The van der Waals surface area contributed by atoms with Gasteiger partial charge in [-0.2, -0.15) is 0 Å². The van der Waals surface area contributed by atoms with Gasteiger partial charge in [0.2, 0.25) is 0 Å². The van der Waals surface area contributed by atoms with Crippen LogP contribution in [0.2, 0.25) is 0 Å². The largest absolute Gasteiger partial charge is 0.454 e. The molecule has 2 aromatic heterocycles. The summed E-state index contributed by atoms with van der Waals surface area (Å²) in [5.74, 6) is 0. The van der Waals surface area contributed by atoms with Gasteiger partial charge in [-0.3, -0.25) is 0 Å². The van der Waals surface area contributed by atoms with Crippen molar-refractivity contribution in [2.45, 2.75) is 0 Å². The van der Waals surface area contributed by atoms with Crippen LogP contribution in [0.4, 0.5) is 17.1 Å². The molecule has 0 radical (unpaired) electrons. The second-order valence-corrected chi connectivity index (χ2v) is 15.7. The van der Waals surface area contributed by atoms with Gasteiger partial charge in [0.1, 0.15) is 5.58 Å². The van der Waals surface area contributed by atoms with Crippen LogP contribution in [0.15, 0.2) is 235 Å². The van der Waals surface area contributed by atoms with E-state index in [0.29, 0.717) is 0 Å². The standard InChI is InChI=1S/C58H38N2O/c1-4-15-39(16-5-1)41-27-32-46(33-28-41)59(47-34-29-42(30-35-47)40-17-6-2-7-18-40)54-38-43-19-10-11-22-49(43)57-56-48(24-14-26-55(56)61-58(54)57)44-31-36-53-51(37-44)50-23-12-13-25-52(50)60(53)45-20-8-3-9-21-45/h1-38H. The highest BCUT2D eigenvalue weighted by molar-refractivity contribution is 6.26. The molecule has 61 heavy (non-hydrogen) atoms. The summed E-state index contributed by atoms with van der Waals surface area (Å²) < 4.78 is 9.51. The average Bonchev–Trinajstić information content (AvgIpc) is 3.90. The molecule has 10 aromatic carbocycles. The van der Waals surface area contributed by atoms with Crippen molar-refractivity contribution >= 4 is 71.6 Å². The quantitative estimate of drug-likeness (QED) is 0.161. The molecular weight excluding hydrogens is 741 g/mol. The number of furan rings is 1. The van der Waals surface area contributed by atoms with Crippen LogP contribution in [0.25, 0.3) is 93.6 Å². The molecule has 0 atom stereocenters. The van der Waals surface area contributed by atoms with E-state index in [1.807, 2.05) is 0 Å². The molecule has 12 rings (SSSR count). The Morgan fingerprint density at radius 1 is 0.361 bits per heavy atom. The highest BCUT2D eigenvalue weighted by Gasteiger charge is 2.24. The van der Waals surface area contributed by atoms with Crippen molar-refractivity contribution in [3.8, 4) is 39.1 Å². The van der Waals surface area contributed by atoms with Gasteiger partial charge in [0.05, 0.1) is 16.7 Å². The number of benzene rings is 10. The SMILES string of the molecule is c1ccc(-c2ccc(N(c3ccc(-c4ccccc4)cc3)c3cc4ccccc4c4c3oc3cccc(-c5ccc6c(c5)c5ccccc5n6-c5ccccc5)c34)cc2)cc1. The van der Waals surface area contributed by atoms with Gasteiger partial charge in [-0.05, 0) is 111 Å². The van der Waals surface area contributed by atoms with Crippen molar-refractivity contribution in [1.29, 1.82) is 0 Å². The van der Waals surface area contributed by atoms with E-state index in [9.17, 15) is 0 Å². The number of hydrogen-bond donors (Lipinski definition) is 0. The Hall–Kier alpha value is -8.14. The molecule has 0 aliphatic carbocycles. The number of para-hydroxylation sites is 2. The molecular formula is C58H38N2O. The molecule has 0 amide bonds. The minimum Gasteiger partial charge on any atom is -0.454 e. The van der Waals surface area contributed by atoms with E-state index >= 15 is 0 Å². The topological polar surface area (TPSA) is 21.3 Å². The first-order valence-electron chi connectivity index (χ1n) is 20.8. The fraction of sp³-hybridized carbons (Fsp3) is 0. The highest BCUT2D eigenvalue weighted by Crippen LogP contribution is 2.48. The molecule has 3 nitrogen and oxygen atoms in total. The summed E-state index contributed by atoms with van der Waals surface area (Å²) in [6.07, 6.45) is 0. The first-order chi connectivity index (χ1) is 30.3. The maximum absolute atomic E-state index is 7.14. The van der Waals surface area contributed by atoms with E-state index in [2.05, 4.69) is 240 Å². The van der Waals surface area contributed by atoms with Crippen LogP contribution in [0, 0.1) is 0 Å². The molecule has 0 aliphatic rings. The number of rotatable bonds is 7. The van der Waals surface area contributed by atoms with Crippen LogP contribution in [0.3, 0.4) is 0 Å². The van der Waals surface area contributed by atoms with Gasteiger partial charge < -0.3 is 13.9 Å². The summed E-state index contributed by atoms with van der Waals surface area (Å²) >= 11 is 0. The summed E-state index contributed by atoms with van der Waals surface area (Å²) in [6, 6.07) is 82.7. The summed E-state index contributed by atoms with van der Waals surface area (Å²) in [5.41, 5.74) is 15.3. The summed E-state index contributed by atoms with van der Waals surface area (Å²) in [6.45, 7) is 0. The van der Waals surface area contributed by atoms with Crippen LogP contribution in [0.5, 0.6) is 0 Å². The summed E-state index contributed by atoms with van der Waals surface area (Å²) in [5, 5.41) is 6.98. The minimum atomic E-state index is 0.849. The van der Waals surface area contributed by atoms with Gasteiger partial charge in [-0.15, -0.1) is 0 Å². The maximum Gasteiger partial charge on any atom is 0.160 e. The predicted molar refractivity (Wildman–Crippen MR) is 257 cm³/mol. The average molecular weight is 779 g/mol. The monoisotopic (exact) mass is 778 g/mol. The molecule has 286 valence electrons. The maximum atomic E-state index is 7.14. The van der Waals surface area contributed by atoms with Crippen molar-refractivity contribution < 1.29 is 4.42 Å². The van der Waals surface area contributed by atoms with Gasteiger partial charge in [0.25, 0.3) is 0 Å². The van der Waals surface area contributed by atoms with Gasteiger partial charge in [0.15, 0.2) is 5.58 Å². The molecule has 2 heterocycles. The lowest BCUT2D eigenvalue weighted by Gasteiger charge is -2.26. The molecule has 0 spiro atoms. The second-order valence-electron chi connectivity index (χ2n) is 15.7. The van der Waals surface area contributed by atoms with Crippen molar-refractivity contribution in [3.63, 3.8) is 0 Å². The van der Waals surface area contributed by atoms with Crippen LogP contribution in [-0.4, -0.2) is 4.57 Å². The normalized spacial score (nSPS) is 11.6. The van der Waals surface area contributed by atoms with Crippen LogP contribution in [0.1, 0.15) is 0 Å². The molecule has 3 heteroatoms. The lowest BCUT2D eigenvalue weighted by atomic mass is 9.95. The van der Waals surface area contributed by atoms with Crippen molar-refractivity contribution in [1.82, 2.24) is 4.57 Å². The third-order valence-electron chi connectivity index (χ3n) is 12.2. The molecule has 0 unspecified atom stereocenters. The van der Waals surface area contributed by atoms with Gasteiger partial charge in [-0.1, -0.05) is 164 Å². The van der Waals surface area contributed by atoms with Crippen LogP contribution >= 0.6 is 0 Å². The Labute approximate surface area is 353 Å². The molecule has 0 N–H and O–H groups in total. The van der Waals surface area contributed by atoms with Crippen molar-refractivity contribution in [2.24, 2.45) is 0 Å². The molecule has 0 fully saturated rings. The van der Waals surface area contributed by atoms with Crippen molar-refractivity contribution in [3.05, 3.63) is 231 Å². The number of hydrogen-bond acceptors (Lipinski definition) is 2. The lowest BCUT2D eigenvalue weighted by Crippen LogP contribution is -2.10. The Balaban J connectivity index is 1.09. The number of nitrogens with zero attached hydrogens (tertiary/aromatic N) is 2. The minimum absolute atomic E-state index is 0.849. The zero-order valence-electron chi connectivity index (χ0n) is 33.2. The van der Waals surface area contributed by atoms with E-state index in [4.69, 9.17) is 4.42 Å². The van der Waals surface area contributed by atoms with E-state index in [1.54, 1.807) is 0 Å². The Bertz CT molecular complexity index is 3470.